The van der Waals surface area contributed by atoms with E-state index in [1.807, 2.05) is 30.3 Å². The predicted octanol–water partition coefficient (Wildman–Crippen LogP) is 10.8. The van der Waals surface area contributed by atoms with Crippen molar-refractivity contribution in [3.05, 3.63) is 137 Å². The summed E-state index contributed by atoms with van der Waals surface area (Å²) in [5.74, 6) is -2.84. The zero-order chi connectivity index (χ0) is 31.3. The molecule has 0 N–H and O–H groups in total. The molecule has 0 aliphatic heterocycles. The molecule has 222 valence electrons. The van der Waals surface area contributed by atoms with Gasteiger partial charge in [-0.2, -0.15) is 14.0 Å². The van der Waals surface area contributed by atoms with Gasteiger partial charge in [0, 0.05) is 11.1 Å². The Morgan fingerprint density at radius 2 is 1.18 bits per heavy atom. The number of unbranched alkanes of at least 4 members (excludes halogenated alkanes) is 2. The molecule has 0 fully saturated rings. The van der Waals surface area contributed by atoms with E-state index >= 15 is 8.78 Å². The first-order chi connectivity index (χ1) is 21.2. The lowest BCUT2D eigenvalue weighted by atomic mass is 9.96. The van der Waals surface area contributed by atoms with E-state index in [9.17, 15) is 13.2 Å². The van der Waals surface area contributed by atoms with Crippen molar-refractivity contribution in [1.82, 2.24) is 0 Å². The van der Waals surface area contributed by atoms with Crippen molar-refractivity contribution < 1.29 is 26.7 Å². The van der Waals surface area contributed by atoms with Crippen LogP contribution >= 0.6 is 0 Å². The maximum atomic E-state index is 15.2. The first-order valence-electron chi connectivity index (χ1n) is 14.2. The molecule has 0 radical (unpaired) electrons. The van der Waals surface area contributed by atoms with Gasteiger partial charge in [-0.25, -0.2) is 13.2 Å². The summed E-state index contributed by atoms with van der Waals surface area (Å²) in [7, 11) is 0. The van der Waals surface area contributed by atoms with Crippen LogP contribution in [0.2, 0.25) is 0 Å². The fraction of sp³-hybridized carbons (Fsp3) is 0.162. The van der Waals surface area contributed by atoms with Crippen molar-refractivity contribution in [3.63, 3.8) is 0 Å². The lowest BCUT2D eigenvalue weighted by Gasteiger charge is -2.19. The van der Waals surface area contributed by atoms with Crippen LogP contribution in [-0.4, -0.2) is 0 Å². The Bertz CT molecular complexity index is 1810. The number of alkyl halides is 2. The van der Waals surface area contributed by atoms with Gasteiger partial charge in [0.1, 0.15) is 23.2 Å². The second-order valence-corrected chi connectivity index (χ2v) is 10.5. The number of hydrogen-bond donors (Lipinski definition) is 0. The van der Waals surface area contributed by atoms with Crippen LogP contribution in [0.1, 0.15) is 42.9 Å². The first-order valence-corrected chi connectivity index (χ1v) is 14.2. The molecule has 0 bridgehead atoms. The van der Waals surface area contributed by atoms with E-state index in [4.69, 9.17) is 5.26 Å². The molecule has 0 saturated carbocycles. The number of aryl methyl sites for hydroxylation is 1. The van der Waals surface area contributed by atoms with Crippen LogP contribution in [0.5, 0.6) is 5.75 Å². The quantitative estimate of drug-likeness (QED) is 0.119. The Morgan fingerprint density at radius 1 is 0.636 bits per heavy atom. The van der Waals surface area contributed by atoms with Gasteiger partial charge in [-0.15, -0.1) is 0 Å². The summed E-state index contributed by atoms with van der Waals surface area (Å²) >= 11 is 0. The van der Waals surface area contributed by atoms with Crippen molar-refractivity contribution in [1.29, 1.82) is 5.26 Å². The zero-order valence-electron chi connectivity index (χ0n) is 23.9. The molecule has 0 amide bonds. The summed E-state index contributed by atoms with van der Waals surface area (Å²) in [6.07, 6.45) is 0.429. The van der Waals surface area contributed by atoms with Gasteiger partial charge >= 0.3 is 6.11 Å². The highest BCUT2D eigenvalue weighted by atomic mass is 19.3. The van der Waals surface area contributed by atoms with Crippen molar-refractivity contribution in [2.75, 3.05) is 0 Å². The Hall–Kier alpha value is -4.96. The Balaban J connectivity index is 1.33. The lowest BCUT2D eigenvalue weighted by Crippen LogP contribution is -2.23. The zero-order valence-corrected chi connectivity index (χ0v) is 23.9. The summed E-state index contributed by atoms with van der Waals surface area (Å²) in [6, 6.07) is 26.4. The average Bonchev–Trinajstić information content (AvgIpc) is 3.01. The highest BCUT2D eigenvalue weighted by molar-refractivity contribution is 5.74. The highest BCUT2D eigenvalue weighted by Gasteiger charge is 2.37. The smallest absolute Gasteiger partial charge is 0.429 e. The molecule has 0 saturated heterocycles. The van der Waals surface area contributed by atoms with Gasteiger partial charge < -0.3 is 4.74 Å². The predicted molar refractivity (Wildman–Crippen MR) is 162 cm³/mol. The molecule has 0 aromatic heterocycles. The molecule has 7 heteroatoms. The normalized spacial score (nSPS) is 11.3. The Labute approximate surface area is 253 Å². The van der Waals surface area contributed by atoms with Gasteiger partial charge in [0.15, 0.2) is 0 Å². The Morgan fingerprint density at radius 3 is 1.75 bits per heavy atom. The molecule has 0 spiro atoms. The maximum Gasteiger partial charge on any atom is 0.429 e. The van der Waals surface area contributed by atoms with E-state index in [1.165, 1.54) is 54.4 Å². The molecular formula is C37H28F5NO. The second kappa shape index (κ2) is 13.1. The molecule has 0 unspecified atom stereocenters. The van der Waals surface area contributed by atoms with E-state index in [0.717, 1.165) is 49.1 Å². The van der Waals surface area contributed by atoms with Crippen molar-refractivity contribution in [2.45, 2.75) is 38.7 Å². The topological polar surface area (TPSA) is 33.0 Å². The average molecular weight is 598 g/mol. The standard InChI is InChI=1S/C37H28F5NO/c1-2-3-4-5-24-6-10-26(11-7-24)27-12-17-31(34(38)20-27)28-13-18-32(35(39)21-28)29-14-19-33(36(40)22-29)37(41,42)44-30-15-8-25(23-43)9-16-30/h6-22H,2-5H2,1H3. The Kier molecular flexibility index (Phi) is 9.10. The number of nitriles is 1. The summed E-state index contributed by atoms with van der Waals surface area (Å²) < 4.78 is 79.5. The number of rotatable bonds is 10. The van der Waals surface area contributed by atoms with E-state index in [0.29, 0.717) is 5.56 Å². The first kappa shape index (κ1) is 30.5. The third kappa shape index (κ3) is 6.81. The minimum Gasteiger partial charge on any atom is -0.429 e. The van der Waals surface area contributed by atoms with Crippen LogP contribution in [0.3, 0.4) is 0 Å². The maximum absolute atomic E-state index is 15.2. The van der Waals surface area contributed by atoms with Gasteiger partial charge in [-0.1, -0.05) is 74.4 Å². The fourth-order valence-electron chi connectivity index (χ4n) is 5.01. The van der Waals surface area contributed by atoms with Crippen LogP contribution in [0.4, 0.5) is 22.0 Å². The second-order valence-electron chi connectivity index (χ2n) is 10.5. The molecule has 2 nitrogen and oxygen atoms in total. The van der Waals surface area contributed by atoms with E-state index < -0.39 is 29.1 Å². The highest BCUT2D eigenvalue weighted by Crippen LogP contribution is 2.37. The molecule has 0 atom stereocenters. The minimum absolute atomic E-state index is 0.0263. The molecule has 5 aromatic carbocycles. The SMILES string of the molecule is CCCCCc1ccc(-c2ccc(-c3ccc(-c4ccc(C(F)(F)Oc5ccc(C#N)cc5)c(F)c4)c(F)c3)c(F)c2)cc1. The number of halogens is 5. The number of hydrogen-bond acceptors (Lipinski definition) is 2. The molecule has 0 heterocycles. The van der Waals surface area contributed by atoms with Crippen LogP contribution < -0.4 is 4.74 Å². The van der Waals surface area contributed by atoms with Gasteiger partial charge in [0.05, 0.1) is 17.2 Å². The van der Waals surface area contributed by atoms with Crippen LogP contribution in [0.25, 0.3) is 33.4 Å². The monoisotopic (exact) mass is 597 g/mol. The third-order valence-corrected chi connectivity index (χ3v) is 7.43. The third-order valence-electron chi connectivity index (χ3n) is 7.43. The fourth-order valence-corrected chi connectivity index (χ4v) is 5.01. The molecule has 5 rings (SSSR count). The van der Waals surface area contributed by atoms with Gasteiger partial charge in [0.25, 0.3) is 0 Å². The van der Waals surface area contributed by atoms with Crippen LogP contribution in [0.15, 0.2) is 103 Å². The van der Waals surface area contributed by atoms with Crippen LogP contribution in [0, 0.1) is 28.8 Å². The molecular weight excluding hydrogens is 569 g/mol. The summed E-state index contributed by atoms with van der Waals surface area (Å²) in [6.45, 7) is 2.16. The molecule has 5 aromatic rings. The van der Waals surface area contributed by atoms with Crippen molar-refractivity contribution in [3.8, 4) is 45.2 Å². The number of benzene rings is 5. The minimum atomic E-state index is -4.03. The summed E-state index contributed by atoms with van der Waals surface area (Å²) in [5.41, 5.74) is 2.48. The van der Waals surface area contributed by atoms with E-state index in [-0.39, 0.29) is 33.6 Å². The largest absolute Gasteiger partial charge is 0.429 e. The molecule has 44 heavy (non-hydrogen) atoms. The number of nitrogens with zero attached hydrogens (tertiary/aromatic N) is 1. The molecule has 0 aliphatic carbocycles. The van der Waals surface area contributed by atoms with Crippen molar-refractivity contribution >= 4 is 0 Å². The van der Waals surface area contributed by atoms with Gasteiger partial charge in [0.2, 0.25) is 0 Å². The lowest BCUT2D eigenvalue weighted by molar-refractivity contribution is -0.187. The molecule has 0 aliphatic rings. The van der Waals surface area contributed by atoms with Crippen molar-refractivity contribution in [2.24, 2.45) is 0 Å². The van der Waals surface area contributed by atoms with E-state index in [2.05, 4.69) is 11.7 Å². The number of ether oxygens (including phenoxy) is 1. The van der Waals surface area contributed by atoms with Crippen LogP contribution in [-0.2, 0) is 12.5 Å². The van der Waals surface area contributed by atoms with Gasteiger partial charge in [-0.3, -0.25) is 0 Å². The summed E-state index contributed by atoms with van der Waals surface area (Å²) in [5, 5.41) is 8.85. The van der Waals surface area contributed by atoms with E-state index in [1.54, 1.807) is 12.1 Å². The van der Waals surface area contributed by atoms with Gasteiger partial charge in [-0.05, 0) is 89.2 Å². The summed E-state index contributed by atoms with van der Waals surface area (Å²) in [4.78, 5) is 0.